The third kappa shape index (κ3) is 2.55. The lowest BCUT2D eigenvalue weighted by Crippen LogP contribution is -2.04. The summed E-state index contributed by atoms with van der Waals surface area (Å²) in [6.45, 7) is 0. The monoisotopic (exact) mass is 256 g/mol. The number of nitro groups is 1. The van der Waals surface area contributed by atoms with Crippen molar-refractivity contribution in [1.82, 2.24) is 9.97 Å². The van der Waals surface area contributed by atoms with Gasteiger partial charge in [0.05, 0.1) is 16.2 Å². The van der Waals surface area contributed by atoms with Crippen molar-refractivity contribution in [2.45, 2.75) is 0 Å². The van der Waals surface area contributed by atoms with E-state index in [1.807, 2.05) is 6.07 Å². The Morgan fingerprint density at radius 1 is 1.42 bits per heavy atom. The standard InChI is InChI=1S/C11H8N6O2/c12-5-7-3-1-2-4-8(7)15-10-9(17(18)19)6-14-11(13)16-10/h1-4,6H,(H3,13,14,15,16). The van der Waals surface area contributed by atoms with E-state index >= 15 is 0 Å². The Hall–Kier alpha value is -3.21. The average molecular weight is 256 g/mol. The summed E-state index contributed by atoms with van der Waals surface area (Å²) in [5.41, 5.74) is 5.83. The Morgan fingerprint density at radius 2 is 2.16 bits per heavy atom. The van der Waals surface area contributed by atoms with Crippen LogP contribution in [0.15, 0.2) is 30.5 Å². The maximum Gasteiger partial charge on any atom is 0.329 e. The molecular weight excluding hydrogens is 248 g/mol. The van der Waals surface area contributed by atoms with E-state index < -0.39 is 4.92 Å². The number of benzene rings is 1. The topological polar surface area (TPSA) is 131 Å². The summed E-state index contributed by atoms with van der Waals surface area (Å²) in [6, 6.07) is 8.55. The molecule has 0 atom stereocenters. The van der Waals surface area contributed by atoms with Crippen LogP contribution in [0.3, 0.4) is 0 Å². The molecule has 0 aliphatic rings. The molecule has 0 fully saturated rings. The molecular formula is C11H8N6O2. The molecule has 0 spiro atoms. The fourth-order valence-corrected chi connectivity index (χ4v) is 1.43. The van der Waals surface area contributed by atoms with Crippen LogP contribution in [0.4, 0.5) is 23.1 Å². The number of nitrogens with zero attached hydrogens (tertiary/aromatic N) is 4. The van der Waals surface area contributed by atoms with E-state index in [1.165, 1.54) is 0 Å². The summed E-state index contributed by atoms with van der Waals surface area (Å²) in [4.78, 5) is 17.6. The van der Waals surface area contributed by atoms with Gasteiger partial charge >= 0.3 is 5.69 Å². The number of rotatable bonds is 3. The van der Waals surface area contributed by atoms with Crippen molar-refractivity contribution in [3.63, 3.8) is 0 Å². The lowest BCUT2D eigenvalue weighted by atomic mass is 10.2. The van der Waals surface area contributed by atoms with Gasteiger partial charge in [-0.3, -0.25) is 10.1 Å². The fourth-order valence-electron chi connectivity index (χ4n) is 1.43. The Morgan fingerprint density at radius 3 is 2.84 bits per heavy atom. The van der Waals surface area contributed by atoms with Crippen LogP contribution in [-0.4, -0.2) is 14.9 Å². The molecule has 0 unspecified atom stereocenters. The van der Waals surface area contributed by atoms with E-state index in [4.69, 9.17) is 11.0 Å². The Balaban J connectivity index is 2.46. The van der Waals surface area contributed by atoms with Crippen LogP contribution in [0.5, 0.6) is 0 Å². The fraction of sp³-hybridized carbons (Fsp3) is 0. The zero-order valence-corrected chi connectivity index (χ0v) is 9.57. The highest BCUT2D eigenvalue weighted by atomic mass is 16.6. The highest BCUT2D eigenvalue weighted by molar-refractivity contribution is 5.70. The van der Waals surface area contributed by atoms with Gasteiger partial charge in [0.25, 0.3) is 0 Å². The number of hydrogen-bond donors (Lipinski definition) is 2. The van der Waals surface area contributed by atoms with Crippen LogP contribution in [0.2, 0.25) is 0 Å². The second-order valence-electron chi connectivity index (χ2n) is 3.50. The molecule has 0 bridgehead atoms. The van der Waals surface area contributed by atoms with Gasteiger partial charge in [-0.15, -0.1) is 0 Å². The summed E-state index contributed by atoms with van der Waals surface area (Å²) in [5, 5.41) is 22.5. The van der Waals surface area contributed by atoms with Gasteiger partial charge in [0, 0.05) is 0 Å². The largest absolute Gasteiger partial charge is 0.368 e. The van der Waals surface area contributed by atoms with Crippen molar-refractivity contribution >= 4 is 23.1 Å². The van der Waals surface area contributed by atoms with Crippen molar-refractivity contribution in [2.24, 2.45) is 0 Å². The molecule has 0 saturated heterocycles. The number of nitrogen functional groups attached to an aromatic ring is 1. The molecule has 0 aliphatic heterocycles. The first kappa shape index (κ1) is 12.3. The van der Waals surface area contributed by atoms with Crippen molar-refractivity contribution < 1.29 is 4.92 Å². The lowest BCUT2D eigenvalue weighted by Gasteiger charge is -2.07. The zero-order chi connectivity index (χ0) is 13.8. The normalized spacial score (nSPS) is 9.63. The predicted octanol–water partition coefficient (Wildman–Crippen LogP) is 1.58. The number of anilines is 3. The number of hydrogen-bond acceptors (Lipinski definition) is 7. The van der Waals surface area contributed by atoms with E-state index in [0.717, 1.165) is 6.20 Å². The zero-order valence-electron chi connectivity index (χ0n) is 9.57. The van der Waals surface area contributed by atoms with Crippen molar-refractivity contribution in [1.29, 1.82) is 5.26 Å². The predicted molar refractivity (Wildman–Crippen MR) is 67.5 cm³/mol. The highest BCUT2D eigenvalue weighted by Gasteiger charge is 2.17. The third-order valence-corrected chi connectivity index (χ3v) is 2.29. The van der Waals surface area contributed by atoms with E-state index in [0.29, 0.717) is 11.3 Å². The van der Waals surface area contributed by atoms with Crippen LogP contribution in [0.25, 0.3) is 0 Å². The lowest BCUT2D eigenvalue weighted by molar-refractivity contribution is -0.384. The molecule has 0 amide bonds. The minimum atomic E-state index is -0.628. The van der Waals surface area contributed by atoms with E-state index in [2.05, 4.69) is 15.3 Å². The molecule has 8 nitrogen and oxygen atoms in total. The maximum atomic E-state index is 10.9. The third-order valence-electron chi connectivity index (χ3n) is 2.29. The van der Waals surface area contributed by atoms with Gasteiger partial charge in [0.15, 0.2) is 0 Å². The van der Waals surface area contributed by atoms with Crippen LogP contribution in [-0.2, 0) is 0 Å². The van der Waals surface area contributed by atoms with Crippen molar-refractivity contribution in [3.05, 3.63) is 46.1 Å². The SMILES string of the molecule is N#Cc1ccccc1Nc1nc(N)ncc1[N+](=O)[O-]. The minimum absolute atomic E-state index is 0.0554. The second-order valence-corrected chi connectivity index (χ2v) is 3.50. The van der Waals surface area contributed by atoms with Crippen LogP contribution in [0, 0.1) is 21.4 Å². The van der Waals surface area contributed by atoms with Crippen LogP contribution in [0.1, 0.15) is 5.56 Å². The number of nitrogens with two attached hydrogens (primary N) is 1. The Bertz CT molecular complexity index is 679. The highest BCUT2D eigenvalue weighted by Crippen LogP contribution is 2.26. The second kappa shape index (κ2) is 4.97. The average Bonchev–Trinajstić information content (AvgIpc) is 2.39. The number of nitriles is 1. The number of para-hydroxylation sites is 1. The quantitative estimate of drug-likeness (QED) is 0.629. The molecule has 1 heterocycles. The van der Waals surface area contributed by atoms with Crippen LogP contribution < -0.4 is 11.1 Å². The summed E-state index contributed by atoms with van der Waals surface area (Å²) < 4.78 is 0. The molecule has 0 saturated carbocycles. The minimum Gasteiger partial charge on any atom is -0.368 e. The van der Waals surface area contributed by atoms with Gasteiger partial charge < -0.3 is 11.1 Å². The van der Waals surface area contributed by atoms with Gasteiger partial charge in [-0.25, -0.2) is 4.98 Å². The molecule has 1 aromatic heterocycles. The van der Waals surface area contributed by atoms with Crippen LogP contribution >= 0.6 is 0 Å². The molecule has 2 aromatic rings. The van der Waals surface area contributed by atoms with E-state index in [-0.39, 0.29) is 17.5 Å². The molecule has 3 N–H and O–H groups in total. The summed E-state index contributed by atoms with van der Waals surface area (Å²) in [6.07, 6.45) is 1.01. The van der Waals surface area contributed by atoms with Crippen molar-refractivity contribution in [2.75, 3.05) is 11.1 Å². The van der Waals surface area contributed by atoms with E-state index in [1.54, 1.807) is 24.3 Å². The molecule has 94 valence electrons. The Kier molecular flexibility index (Phi) is 3.20. The molecule has 0 aliphatic carbocycles. The summed E-state index contributed by atoms with van der Waals surface area (Å²) in [5.74, 6) is -0.150. The van der Waals surface area contributed by atoms with Gasteiger partial charge in [0.2, 0.25) is 11.8 Å². The van der Waals surface area contributed by atoms with Crippen molar-refractivity contribution in [3.8, 4) is 6.07 Å². The summed E-state index contributed by atoms with van der Waals surface area (Å²) >= 11 is 0. The van der Waals surface area contributed by atoms with Gasteiger partial charge in [-0.05, 0) is 12.1 Å². The first-order valence-corrected chi connectivity index (χ1v) is 5.15. The molecule has 1 aromatic carbocycles. The number of nitrogens with one attached hydrogen (secondary N) is 1. The molecule has 0 radical (unpaired) electrons. The van der Waals surface area contributed by atoms with Gasteiger partial charge in [0.1, 0.15) is 12.3 Å². The number of aromatic nitrogens is 2. The van der Waals surface area contributed by atoms with E-state index in [9.17, 15) is 10.1 Å². The first-order valence-electron chi connectivity index (χ1n) is 5.15. The summed E-state index contributed by atoms with van der Waals surface area (Å²) in [7, 11) is 0. The Labute approximate surface area is 107 Å². The van der Waals surface area contributed by atoms with Gasteiger partial charge in [-0.2, -0.15) is 10.2 Å². The molecule has 8 heteroatoms. The first-order chi connectivity index (χ1) is 9.11. The maximum absolute atomic E-state index is 10.9. The smallest absolute Gasteiger partial charge is 0.329 e. The molecule has 2 rings (SSSR count). The molecule has 19 heavy (non-hydrogen) atoms. The van der Waals surface area contributed by atoms with Gasteiger partial charge in [-0.1, -0.05) is 12.1 Å².